The van der Waals surface area contributed by atoms with E-state index in [1.54, 1.807) is 25.3 Å². The van der Waals surface area contributed by atoms with Gasteiger partial charge in [0.2, 0.25) is 5.91 Å². The molecule has 3 N–H and O–H groups in total. The Morgan fingerprint density at radius 2 is 2.20 bits per heavy atom. The van der Waals surface area contributed by atoms with Gasteiger partial charge in [-0.1, -0.05) is 6.92 Å². The molecule has 1 aromatic carbocycles. The van der Waals surface area contributed by atoms with Crippen LogP contribution in [0.2, 0.25) is 0 Å². The molecule has 5 heteroatoms. The van der Waals surface area contributed by atoms with Gasteiger partial charge < -0.3 is 20.5 Å². The first kappa shape index (κ1) is 16.3. The Morgan fingerprint density at radius 1 is 1.45 bits per heavy atom. The van der Waals surface area contributed by atoms with Gasteiger partial charge in [-0.15, -0.1) is 0 Å². The number of ether oxygens (including phenoxy) is 2. The van der Waals surface area contributed by atoms with Gasteiger partial charge >= 0.3 is 0 Å². The molecule has 1 amide bonds. The fourth-order valence-corrected chi connectivity index (χ4v) is 1.63. The van der Waals surface area contributed by atoms with E-state index in [-0.39, 0.29) is 12.0 Å². The molecule has 0 radical (unpaired) electrons. The van der Waals surface area contributed by atoms with Crippen molar-refractivity contribution in [3.63, 3.8) is 0 Å². The number of methoxy groups -OCH3 is 1. The summed E-state index contributed by atoms with van der Waals surface area (Å²) >= 11 is 0. The molecule has 0 saturated carbocycles. The van der Waals surface area contributed by atoms with E-state index in [4.69, 9.17) is 15.2 Å². The average molecular weight is 280 g/mol. The Labute approximate surface area is 120 Å². The van der Waals surface area contributed by atoms with Crippen LogP contribution in [0, 0.1) is 0 Å². The molecule has 0 aliphatic carbocycles. The van der Waals surface area contributed by atoms with Crippen LogP contribution in [0.5, 0.6) is 5.75 Å². The topological polar surface area (TPSA) is 73.6 Å². The predicted molar refractivity (Wildman–Crippen MR) is 81.0 cm³/mol. The maximum atomic E-state index is 11.8. The number of anilines is 2. The van der Waals surface area contributed by atoms with Gasteiger partial charge in [0.1, 0.15) is 5.75 Å². The van der Waals surface area contributed by atoms with E-state index in [2.05, 4.69) is 12.2 Å². The Hall–Kier alpha value is -1.75. The van der Waals surface area contributed by atoms with Gasteiger partial charge in [-0.05, 0) is 31.9 Å². The number of benzene rings is 1. The summed E-state index contributed by atoms with van der Waals surface area (Å²) in [6, 6.07) is 5.18. The van der Waals surface area contributed by atoms with Crippen molar-refractivity contribution in [3.8, 4) is 5.75 Å². The first-order valence-electron chi connectivity index (χ1n) is 6.91. The van der Waals surface area contributed by atoms with Gasteiger partial charge in [-0.2, -0.15) is 0 Å². The summed E-state index contributed by atoms with van der Waals surface area (Å²) in [6.07, 6.45) is 2.35. The lowest BCUT2D eigenvalue weighted by molar-refractivity contribution is -0.116. The third kappa shape index (κ3) is 5.48. The van der Waals surface area contributed by atoms with Crippen LogP contribution in [0.3, 0.4) is 0 Å². The Bertz CT molecular complexity index is 435. The summed E-state index contributed by atoms with van der Waals surface area (Å²) in [6.45, 7) is 4.70. The third-order valence-corrected chi connectivity index (χ3v) is 3.06. The first-order chi connectivity index (χ1) is 9.56. The fourth-order valence-electron chi connectivity index (χ4n) is 1.63. The predicted octanol–water partition coefficient (Wildman–Crippen LogP) is 2.81. The molecule has 0 saturated heterocycles. The van der Waals surface area contributed by atoms with E-state index in [1.165, 1.54) is 0 Å². The van der Waals surface area contributed by atoms with Crippen molar-refractivity contribution in [2.24, 2.45) is 0 Å². The van der Waals surface area contributed by atoms with Crippen LogP contribution in [0.25, 0.3) is 0 Å². The zero-order valence-electron chi connectivity index (χ0n) is 12.4. The Morgan fingerprint density at radius 3 is 2.80 bits per heavy atom. The Kier molecular flexibility index (Phi) is 6.87. The molecule has 0 spiro atoms. The maximum absolute atomic E-state index is 11.8. The van der Waals surface area contributed by atoms with Crippen LogP contribution in [0.1, 0.15) is 33.1 Å². The highest BCUT2D eigenvalue weighted by molar-refractivity contribution is 5.93. The molecule has 1 rings (SSSR count). The van der Waals surface area contributed by atoms with Crippen molar-refractivity contribution in [2.45, 2.75) is 39.2 Å². The van der Waals surface area contributed by atoms with Crippen molar-refractivity contribution in [3.05, 3.63) is 18.2 Å². The van der Waals surface area contributed by atoms with Gasteiger partial charge in [-0.25, -0.2) is 0 Å². The minimum atomic E-state index is -0.0605. The number of rotatable bonds is 8. The quantitative estimate of drug-likeness (QED) is 0.567. The van der Waals surface area contributed by atoms with Crippen molar-refractivity contribution in [1.29, 1.82) is 0 Å². The van der Waals surface area contributed by atoms with Crippen LogP contribution in [-0.2, 0) is 9.53 Å². The highest BCUT2D eigenvalue weighted by Gasteiger charge is 2.07. The third-order valence-electron chi connectivity index (χ3n) is 3.06. The van der Waals surface area contributed by atoms with Gasteiger partial charge in [0.05, 0.1) is 24.6 Å². The monoisotopic (exact) mass is 280 g/mol. The second-order valence-corrected chi connectivity index (χ2v) is 4.69. The minimum absolute atomic E-state index is 0.0605. The lowest BCUT2D eigenvalue weighted by Gasteiger charge is -2.11. The van der Waals surface area contributed by atoms with Gasteiger partial charge in [-0.3, -0.25) is 4.79 Å². The molecule has 0 heterocycles. The lowest BCUT2D eigenvalue weighted by Crippen LogP contribution is -2.14. The largest absolute Gasteiger partial charge is 0.497 e. The highest BCUT2D eigenvalue weighted by atomic mass is 16.5. The molecule has 0 aliphatic heterocycles. The summed E-state index contributed by atoms with van der Waals surface area (Å²) in [5.74, 6) is 0.608. The zero-order valence-corrected chi connectivity index (χ0v) is 12.4. The molecule has 1 atom stereocenters. The van der Waals surface area contributed by atoms with E-state index in [1.807, 2.05) is 6.92 Å². The lowest BCUT2D eigenvalue weighted by atomic mass is 10.2. The number of nitrogen functional groups attached to an aromatic ring is 1. The van der Waals surface area contributed by atoms with Crippen molar-refractivity contribution in [2.75, 3.05) is 24.8 Å². The molecule has 0 aromatic heterocycles. The molecule has 5 nitrogen and oxygen atoms in total. The van der Waals surface area contributed by atoms with Crippen LogP contribution in [0.15, 0.2) is 18.2 Å². The Balaban J connectivity index is 2.35. The SMILES string of the molecule is CCC(C)OCCCC(=O)Nc1ccc(OC)cc1N. The second kappa shape index (κ2) is 8.43. The number of hydrogen-bond acceptors (Lipinski definition) is 4. The summed E-state index contributed by atoms with van der Waals surface area (Å²) in [5, 5.41) is 2.79. The highest BCUT2D eigenvalue weighted by Crippen LogP contribution is 2.24. The van der Waals surface area contributed by atoms with Gasteiger partial charge in [0.25, 0.3) is 0 Å². The summed E-state index contributed by atoms with van der Waals surface area (Å²) in [5.41, 5.74) is 6.94. The van der Waals surface area contributed by atoms with Crippen molar-refractivity contribution in [1.82, 2.24) is 0 Å². The fraction of sp³-hybridized carbons (Fsp3) is 0.533. The van der Waals surface area contributed by atoms with Crippen LogP contribution >= 0.6 is 0 Å². The molecule has 1 aromatic rings. The van der Waals surface area contributed by atoms with Crippen LogP contribution < -0.4 is 15.8 Å². The van der Waals surface area contributed by atoms with E-state index in [9.17, 15) is 4.79 Å². The smallest absolute Gasteiger partial charge is 0.224 e. The summed E-state index contributed by atoms with van der Waals surface area (Å²) in [7, 11) is 1.57. The molecule has 20 heavy (non-hydrogen) atoms. The van der Waals surface area contributed by atoms with Crippen molar-refractivity contribution >= 4 is 17.3 Å². The van der Waals surface area contributed by atoms with Crippen molar-refractivity contribution < 1.29 is 14.3 Å². The number of nitrogens with two attached hydrogens (primary N) is 1. The van der Waals surface area contributed by atoms with Crippen LogP contribution in [0.4, 0.5) is 11.4 Å². The molecule has 1 unspecified atom stereocenters. The zero-order chi connectivity index (χ0) is 15.0. The standard InChI is InChI=1S/C15H24N2O3/c1-4-11(2)20-9-5-6-15(18)17-14-8-7-12(19-3)10-13(14)16/h7-8,10-11H,4-6,9,16H2,1-3H3,(H,17,18). The van der Waals surface area contributed by atoms with E-state index < -0.39 is 0 Å². The first-order valence-corrected chi connectivity index (χ1v) is 6.91. The summed E-state index contributed by atoms with van der Waals surface area (Å²) in [4.78, 5) is 11.8. The molecule has 0 bridgehead atoms. The van der Waals surface area contributed by atoms with Gasteiger partial charge in [0.15, 0.2) is 0 Å². The average Bonchev–Trinajstić information content (AvgIpc) is 2.45. The molecule has 112 valence electrons. The van der Waals surface area contributed by atoms with E-state index in [0.717, 1.165) is 6.42 Å². The van der Waals surface area contributed by atoms with E-state index in [0.29, 0.717) is 36.6 Å². The molecular formula is C15H24N2O3. The van der Waals surface area contributed by atoms with Gasteiger partial charge in [0, 0.05) is 19.1 Å². The second-order valence-electron chi connectivity index (χ2n) is 4.69. The molecule has 0 aliphatic rings. The number of carbonyl (C=O) groups excluding carboxylic acids is 1. The molecule has 0 fully saturated rings. The van der Waals surface area contributed by atoms with E-state index >= 15 is 0 Å². The number of amides is 1. The normalized spacial score (nSPS) is 11.9. The summed E-state index contributed by atoms with van der Waals surface area (Å²) < 4.78 is 10.6. The maximum Gasteiger partial charge on any atom is 0.224 e. The minimum Gasteiger partial charge on any atom is -0.497 e. The molecular weight excluding hydrogens is 256 g/mol. The number of hydrogen-bond donors (Lipinski definition) is 2. The van der Waals surface area contributed by atoms with Crippen LogP contribution in [-0.4, -0.2) is 25.7 Å². The number of carbonyl (C=O) groups is 1. The number of nitrogens with one attached hydrogen (secondary N) is 1.